The average molecular weight is 374 g/mol. The molecule has 0 spiro atoms. The Morgan fingerprint density at radius 1 is 1.20 bits per heavy atom. The third-order valence-corrected chi connectivity index (χ3v) is 3.96. The van der Waals surface area contributed by atoms with Gasteiger partial charge in [0.2, 0.25) is 0 Å². The zero-order chi connectivity index (χ0) is 14.7. The first-order valence-electron chi connectivity index (χ1n) is 5.83. The third kappa shape index (κ3) is 3.54. The van der Waals surface area contributed by atoms with Gasteiger partial charge >= 0.3 is 0 Å². The molecule has 0 aliphatic rings. The molecule has 0 amide bonds. The van der Waals surface area contributed by atoms with Crippen molar-refractivity contribution in [2.45, 2.75) is 13.5 Å². The van der Waals surface area contributed by atoms with E-state index in [0.29, 0.717) is 28.0 Å². The Labute approximate surface area is 135 Å². The Kier molecular flexibility index (Phi) is 5.08. The van der Waals surface area contributed by atoms with Crippen molar-refractivity contribution >= 4 is 45.4 Å². The monoisotopic (exact) mass is 372 g/mol. The molecule has 0 aromatic heterocycles. The molecule has 2 nitrogen and oxygen atoms in total. The second kappa shape index (κ2) is 6.61. The third-order valence-electron chi connectivity index (χ3n) is 2.76. The Morgan fingerprint density at radius 2 is 1.95 bits per heavy atom. The lowest BCUT2D eigenvalue weighted by molar-refractivity contribution is 0.111. The molecule has 2 rings (SSSR count). The van der Waals surface area contributed by atoms with Gasteiger partial charge in [0.25, 0.3) is 0 Å². The minimum Gasteiger partial charge on any atom is -0.488 e. The lowest BCUT2D eigenvalue weighted by atomic mass is 10.1. The summed E-state index contributed by atoms with van der Waals surface area (Å²) in [6, 6.07) is 8.93. The molecule has 5 heteroatoms. The average Bonchev–Trinajstić information content (AvgIpc) is 2.40. The number of ether oxygens (including phenoxy) is 1. The summed E-state index contributed by atoms with van der Waals surface area (Å²) in [4.78, 5) is 11.1. The van der Waals surface area contributed by atoms with E-state index < -0.39 is 0 Å². The molecule has 0 saturated heterocycles. The number of carbonyl (C=O) groups excluding carboxylic acids is 1. The van der Waals surface area contributed by atoms with Gasteiger partial charge in [-0.25, -0.2) is 0 Å². The van der Waals surface area contributed by atoms with Crippen molar-refractivity contribution in [3.8, 4) is 5.75 Å². The van der Waals surface area contributed by atoms with Gasteiger partial charge in [0, 0.05) is 4.47 Å². The second-order valence-corrected chi connectivity index (χ2v) is 6.03. The molecule has 2 aromatic carbocycles. The molecule has 0 heterocycles. The number of halogens is 3. The molecule has 0 N–H and O–H groups in total. The van der Waals surface area contributed by atoms with E-state index in [4.69, 9.17) is 27.9 Å². The van der Waals surface area contributed by atoms with Crippen LogP contribution in [-0.4, -0.2) is 6.29 Å². The summed E-state index contributed by atoms with van der Waals surface area (Å²) in [7, 11) is 0. The molecule has 0 aliphatic heterocycles. The molecule has 0 atom stereocenters. The van der Waals surface area contributed by atoms with E-state index in [1.807, 2.05) is 19.1 Å². The molecule has 0 unspecified atom stereocenters. The van der Waals surface area contributed by atoms with Gasteiger partial charge < -0.3 is 4.74 Å². The van der Waals surface area contributed by atoms with Gasteiger partial charge in [0.1, 0.15) is 12.4 Å². The SMILES string of the molecule is Cc1cc(Br)cc(C=O)c1OCc1ccc(Cl)c(Cl)c1. The molecular formula is C15H11BrCl2O2. The van der Waals surface area contributed by atoms with E-state index in [2.05, 4.69) is 15.9 Å². The Hall–Kier alpha value is -1.03. The number of hydrogen-bond donors (Lipinski definition) is 0. The van der Waals surface area contributed by atoms with Crippen LogP contribution in [0.1, 0.15) is 21.5 Å². The molecule has 0 fully saturated rings. The summed E-state index contributed by atoms with van der Waals surface area (Å²) in [5, 5.41) is 0.986. The standard InChI is InChI=1S/C15H11BrCl2O2/c1-9-4-12(16)6-11(7-19)15(9)20-8-10-2-3-13(17)14(18)5-10/h2-7H,8H2,1H3. The van der Waals surface area contributed by atoms with Crippen molar-refractivity contribution in [2.24, 2.45) is 0 Å². The van der Waals surface area contributed by atoms with Crippen molar-refractivity contribution < 1.29 is 9.53 Å². The number of benzene rings is 2. The normalized spacial score (nSPS) is 10.4. The van der Waals surface area contributed by atoms with Crippen LogP contribution >= 0.6 is 39.1 Å². The van der Waals surface area contributed by atoms with E-state index in [-0.39, 0.29) is 0 Å². The zero-order valence-corrected chi connectivity index (χ0v) is 13.7. The number of rotatable bonds is 4. The molecule has 0 bridgehead atoms. The first kappa shape index (κ1) is 15.4. The summed E-state index contributed by atoms with van der Waals surface area (Å²) in [5.41, 5.74) is 2.29. The molecule has 0 aliphatic carbocycles. The van der Waals surface area contributed by atoms with E-state index in [1.54, 1.807) is 18.2 Å². The first-order chi connectivity index (χ1) is 9.51. The highest BCUT2D eigenvalue weighted by atomic mass is 79.9. The number of aryl methyl sites for hydroxylation is 1. The van der Waals surface area contributed by atoms with Gasteiger partial charge in [-0.05, 0) is 42.3 Å². The first-order valence-corrected chi connectivity index (χ1v) is 7.38. The highest BCUT2D eigenvalue weighted by molar-refractivity contribution is 9.10. The maximum atomic E-state index is 11.1. The van der Waals surface area contributed by atoms with Crippen LogP contribution in [0.15, 0.2) is 34.8 Å². The number of carbonyl (C=O) groups is 1. The van der Waals surface area contributed by atoms with Crippen molar-refractivity contribution in [3.63, 3.8) is 0 Å². The van der Waals surface area contributed by atoms with Crippen molar-refractivity contribution in [3.05, 3.63) is 61.5 Å². The van der Waals surface area contributed by atoms with Crippen LogP contribution in [0.3, 0.4) is 0 Å². The summed E-state index contributed by atoms with van der Waals surface area (Å²) >= 11 is 15.2. The Bertz CT molecular complexity index is 657. The van der Waals surface area contributed by atoms with E-state index in [1.165, 1.54) is 0 Å². The summed E-state index contributed by atoms with van der Waals surface area (Å²) in [6.45, 7) is 2.21. The molecule has 20 heavy (non-hydrogen) atoms. The van der Waals surface area contributed by atoms with Gasteiger partial charge in [-0.1, -0.05) is 45.2 Å². The van der Waals surface area contributed by atoms with Gasteiger partial charge in [-0.15, -0.1) is 0 Å². The van der Waals surface area contributed by atoms with Gasteiger partial charge in [0.15, 0.2) is 6.29 Å². The fraction of sp³-hybridized carbons (Fsp3) is 0.133. The lowest BCUT2D eigenvalue weighted by Crippen LogP contribution is -2.00. The van der Waals surface area contributed by atoms with Crippen LogP contribution in [0.2, 0.25) is 10.0 Å². The molecule has 2 aromatic rings. The zero-order valence-electron chi connectivity index (χ0n) is 10.6. The van der Waals surface area contributed by atoms with E-state index in [9.17, 15) is 4.79 Å². The van der Waals surface area contributed by atoms with Crippen LogP contribution in [0.25, 0.3) is 0 Å². The molecular weight excluding hydrogens is 363 g/mol. The highest BCUT2D eigenvalue weighted by Gasteiger charge is 2.09. The maximum Gasteiger partial charge on any atom is 0.153 e. The van der Waals surface area contributed by atoms with Gasteiger partial charge in [-0.3, -0.25) is 4.79 Å². The Balaban J connectivity index is 2.22. The summed E-state index contributed by atoms with van der Waals surface area (Å²) in [6.07, 6.45) is 0.780. The molecule has 0 radical (unpaired) electrons. The van der Waals surface area contributed by atoms with Gasteiger partial charge in [-0.2, -0.15) is 0 Å². The minimum absolute atomic E-state index is 0.320. The predicted octanol–water partition coefficient (Wildman–Crippen LogP) is 5.46. The second-order valence-electron chi connectivity index (χ2n) is 4.30. The summed E-state index contributed by atoms with van der Waals surface area (Å²) < 4.78 is 6.59. The topological polar surface area (TPSA) is 26.3 Å². The van der Waals surface area contributed by atoms with Crippen LogP contribution in [0.5, 0.6) is 5.75 Å². The van der Waals surface area contributed by atoms with E-state index in [0.717, 1.165) is 21.9 Å². The van der Waals surface area contributed by atoms with Crippen LogP contribution in [-0.2, 0) is 6.61 Å². The quantitative estimate of drug-likeness (QED) is 0.665. The summed E-state index contributed by atoms with van der Waals surface area (Å²) in [5.74, 6) is 0.578. The van der Waals surface area contributed by atoms with Crippen LogP contribution in [0, 0.1) is 6.92 Å². The minimum atomic E-state index is 0.320. The van der Waals surface area contributed by atoms with Crippen molar-refractivity contribution in [2.75, 3.05) is 0 Å². The maximum absolute atomic E-state index is 11.1. The number of hydrogen-bond acceptors (Lipinski definition) is 2. The smallest absolute Gasteiger partial charge is 0.153 e. The van der Waals surface area contributed by atoms with Crippen LogP contribution < -0.4 is 4.74 Å². The Morgan fingerprint density at radius 3 is 2.60 bits per heavy atom. The lowest BCUT2D eigenvalue weighted by Gasteiger charge is -2.12. The van der Waals surface area contributed by atoms with Crippen LogP contribution in [0.4, 0.5) is 0 Å². The number of aldehydes is 1. The molecule has 0 saturated carbocycles. The molecule has 104 valence electrons. The highest BCUT2D eigenvalue weighted by Crippen LogP contribution is 2.28. The van der Waals surface area contributed by atoms with Crippen molar-refractivity contribution in [1.82, 2.24) is 0 Å². The van der Waals surface area contributed by atoms with E-state index >= 15 is 0 Å². The predicted molar refractivity (Wildman–Crippen MR) is 85.1 cm³/mol. The largest absolute Gasteiger partial charge is 0.488 e. The van der Waals surface area contributed by atoms with Gasteiger partial charge in [0.05, 0.1) is 15.6 Å². The fourth-order valence-corrected chi connectivity index (χ4v) is 2.74. The fourth-order valence-electron chi connectivity index (χ4n) is 1.83. The van der Waals surface area contributed by atoms with Crippen molar-refractivity contribution in [1.29, 1.82) is 0 Å².